The van der Waals surface area contributed by atoms with E-state index in [1.54, 1.807) is 13.8 Å². The first kappa shape index (κ1) is 24.7. The highest BCUT2D eigenvalue weighted by Gasteiger charge is 2.40. The predicted molar refractivity (Wildman–Crippen MR) is 109 cm³/mol. The Bertz CT molecular complexity index is 1160. The summed E-state index contributed by atoms with van der Waals surface area (Å²) in [6.07, 6.45) is -9.91. The predicted octanol–water partition coefficient (Wildman–Crippen LogP) is 6.53. The van der Waals surface area contributed by atoms with Gasteiger partial charge < -0.3 is 9.84 Å². The maximum atomic E-state index is 14.1. The molecule has 0 saturated carbocycles. The smallest absolute Gasteiger partial charge is 0.422 e. The molecule has 178 valence electrons. The summed E-state index contributed by atoms with van der Waals surface area (Å²) in [6, 6.07) is 5.86. The monoisotopic (exact) mass is 492 g/mol. The number of ether oxygens (including phenoxy) is 1. The van der Waals surface area contributed by atoms with Crippen molar-refractivity contribution in [2.45, 2.75) is 38.5 Å². The van der Waals surface area contributed by atoms with Crippen LogP contribution in [-0.2, 0) is 11.0 Å². The van der Waals surface area contributed by atoms with E-state index in [0.29, 0.717) is 11.0 Å². The lowest BCUT2D eigenvalue weighted by Crippen LogP contribution is -2.22. The lowest BCUT2D eigenvalue weighted by molar-refractivity contribution is -0.158. The number of carboxylic acids is 1. The van der Waals surface area contributed by atoms with Gasteiger partial charge in [-0.15, -0.1) is 0 Å². The van der Waals surface area contributed by atoms with Crippen LogP contribution >= 0.6 is 11.7 Å². The molecule has 1 unspecified atom stereocenters. The van der Waals surface area contributed by atoms with E-state index in [1.807, 2.05) is 0 Å². The zero-order valence-electron chi connectivity index (χ0n) is 17.3. The third-order valence-corrected chi connectivity index (χ3v) is 5.33. The van der Waals surface area contributed by atoms with Crippen molar-refractivity contribution in [2.24, 2.45) is 5.92 Å². The summed E-state index contributed by atoms with van der Waals surface area (Å²) < 4.78 is 93.1. The molecular formula is C21H18F6N2O3S. The zero-order chi connectivity index (χ0) is 24.6. The topological polar surface area (TPSA) is 72.3 Å². The first-order chi connectivity index (χ1) is 15.3. The molecule has 0 spiro atoms. The van der Waals surface area contributed by atoms with Crippen LogP contribution in [0.25, 0.3) is 22.2 Å². The van der Waals surface area contributed by atoms with E-state index >= 15 is 0 Å². The second kappa shape index (κ2) is 9.16. The first-order valence-corrected chi connectivity index (χ1v) is 10.4. The van der Waals surface area contributed by atoms with Gasteiger partial charge in [-0.2, -0.15) is 35.1 Å². The Morgan fingerprint density at radius 1 is 1.06 bits per heavy atom. The van der Waals surface area contributed by atoms with Crippen LogP contribution in [0.4, 0.5) is 26.3 Å². The van der Waals surface area contributed by atoms with E-state index < -0.39 is 47.7 Å². The molecule has 0 aliphatic heterocycles. The average molecular weight is 492 g/mol. The standard InChI is InChI=1S/C21H18F6N2O3S/c1-10(2)5-14(19(30)31)12-6-13(11-3-4-15-16(7-11)29-33-28-15)18(21(25,26)27)17(8-12)32-9-20(22,23)24/h3-4,6-8,10,14H,5,9H2,1-2H3,(H,30,31). The number of hydrogen-bond acceptors (Lipinski definition) is 5. The Hall–Kier alpha value is -2.89. The van der Waals surface area contributed by atoms with Crippen molar-refractivity contribution in [1.29, 1.82) is 0 Å². The van der Waals surface area contributed by atoms with Gasteiger partial charge in [0.15, 0.2) is 6.61 Å². The van der Waals surface area contributed by atoms with Crippen molar-refractivity contribution in [3.8, 4) is 16.9 Å². The van der Waals surface area contributed by atoms with Crippen molar-refractivity contribution in [3.05, 3.63) is 41.5 Å². The molecule has 0 fully saturated rings. The van der Waals surface area contributed by atoms with Crippen LogP contribution in [0.2, 0.25) is 0 Å². The van der Waals surface area contributed by atoms with Gasteiger partial charge in [0.25, 0.3) is 0 Å². The van der Waals surface area contributed by atoms with Crippen molar-refractivity contribution in [2.75, 3.05) is 6.61 Å². The van der Waals surface area contributed by atoms with Gasteiger partial charge in [-0.05, 0) is 53.3 Å². The summed E-state index contributed by atoms with van der Waals surface area (Å²) in [5.41, 5.74) is -1.28. The number of nitrogens with zero attached hydrogens (tertiary/aromatic N) is 2. The number of carbonyl (C=O) groups is 1. The van der Waals surface area contributed by atoms with Crippen LogP contribution in [0.3, 0.4) is 0 Å². The number of halogens is 6. The van der Waals surface area contributed by atoms with E-state index in [2.05, 4.69) is 13.5 Å². The second-order valence-corrected chi connectivity index (χ2v) is 8.36. The van der Waals surface area contributed by atoms with Gasteiger partial charge in [0.1, 0.15) is 22.3 Å². The molecule has 3 rings (SSSR count). The summed E-state index contributed by atoms with van der Waals surface area (Å²) in [5, 5.41) is 9.67. The number of alkyl halides is 6. The molecule has 0 saturated heterocycles. The maximum Gasteiger partial charge on any atom is 0.422 e. The molecule has 0 bridgehead atoms. The van der Waals surface area contributed by atoms with Gasteiger partial charge in [0.2, 0.25) is 0 Å². The maximum absolute atomic E-state index is 14.1. The number of hydrogen-bond donors (Lipinski definition) is 1. The Morgan fingerprint density at radius 2 is 1.73 bits per heavy atom. The van der Waals surface area contributed by atoms with E-state index in [0.717, 1.165) is 23.9 Å². The highest BCUT2D eigenvalue weighted by molar-refractivity contribution is 7.00. The summed E-state index contributed by atoms with van der Waals surface area (Å²) in [5.74, 6) is -3.79. The number of aromatic nitrogens is 2. The number of carboxylic acid groups (broad SMARTS) is 1. The van der Waals surface area contributed by atoms with Crippen LogP contribution in [0, 0.1) is 5.92 Å². The molecule has 0 aliphatic rings. The molecular weight excluding hydrogens is 474 g/mol. The van der Waals surface area contributed by atoms with Crippen molar-refractivity contribution in [1.82, 2.24) is 8.75 Å². The Kier molecular flexibility index (Phi) is 6.87. The van der Waals surface area contributed by atoms with E-state index in [4.69, 9.17) is 0 Å². The summed E-state index contributed by atoms with van der Waals surface area (Å²) in [4.78, 5) is 11.9. The first-order valence-electron chi connectivity index (χ1n) is 9.66. The van der Waals surface area contributed by atoms with E-state index in [9.17, 15) is 36.2 Å². The number of aliphatic carboxylic acids is 1. The minimum Gasteiger partial charge on any atom is -0.483 e. The Balaban J connectivity index is 2.29. The molecule has 0 radical (unpaired) electrons. The molecule has 3 aromatic rings. The van der Waals surface area contributed by atoms with Gasteiger partial charge in [-0.25, -0.2) is 0 Å². The van der Waals surface area contributed by atoms with Crippen LogP contribution in [0.15, 0.2) is 30.3 Å². The molecule has 2 aromatic carbocycles. The van der Waals surface area contributed by atoms with Gasteiger partial charge in [-0.3, -0.25) is 4.79 Å². The van der Waals surface area contributed by atoms with Crippen LogP contribution in [0.1, 0.15) is 37.3 Å². The minimum atomic E-state index is -5.08. The molecule has 12 heteroatoms. The molecule has 5 nitrogen and oxygen atoms in total. The van der Waals surface area contributed by atoms with Crippen molar-refractivity contribution < 1.29 is 41.0 Å². The lowest BCUT2D eigenvalue weighted by Gasteiger charge is -2.23. The van der Waals surface area contributed by atoms with Gasteiger partial charge >= 0.3 is 18.3 Å². The highest BCUT2D eigenvalue weighted by atomic mass is 32.1. The largest absolute Gasteiger partial charge is 0.483 e. The highest BCUT2D eigenvalue weighted by Crippen LogP contribution is 2.46. The number of fused-ring (bicyclic) bond motifs is 1. The number of rotatable bonds is 7. The van der Waals surface area contributed by atoms with Gasteiger partial charge in [0.05, 0.1) is 17.6 Å². The molecule has 33 heavy (non-hydrogen) atoms. The molecule has 1 heterocycles. The average Bonchev–Trinajstić information content (AvgIpc) is 3.16. The summed E-state index contributed by atoms with van der Waals surface area (Å²) in [7, 11) is 0. The SMILES string of the molecule is CC(C)CC(C(=O)O)c1cc(OCC(F)(F)F)c(C(F)(F)F)c(-c2ccc3nsnc3c2)c1. The molecule has 0 amide bonds. The van der Waals surface area contributed by atoms with Crippen molar-refractivity contribution >= 4 is 28.7 Å². The van der Waals surface area contributed by atoms with Crippen LogP contribution in [0.5, 0.6) is 5.75 Å². The van der Waals surface area contributed by atoms with Crippen LogP contribution < -0.4 is 4.74 Å². The minimum absolute atomic E-state index is 0.00470. The zero-order valence-corrected chi connectivity index (χ0v) is 18.1. The lowest BCUT2D eigenvalue weighted by atomic mass is 9.86. The van der Waals surface area contributed by atoms with Gasteiger partial charge in [-0.1, -0.05) is 19.9 Å². The molecule has 0 aliphatic carbocycles. The van der Waals surface area contributed by atoms with E-state index in [1.165, 1.54) is 18.2 Å². The Labute approximate surface area is 188 Å². The third-order valence-electron chi connectivity index (χ3n) is 4.77. The fraction of sp³-hybridized carbons (Fsp3) is 0.381. The van der Waals surface area contributed by atoms with Crippen LogP contribution in [-0.4, -0.2) is 32.6 Å². The molecule has 1 aromatic heterocycles. The van der Waals surface area contributed by atoms with Crippen molar-refractivity contribution in [3.63, 3.8) is 0 Å². The summed E-state index contributed by atoms with van der Waals surface area (Å²) >= 11 is 0.850. The normalized spacial score (nSPS) is 13.5. The second-order valence-electron chi connectivity index (χ2n) is 7.83. The Morgan fingerprint density at radius 3 is 2.30 bits per heavy atom. The quantitative estimate of drug-likeness (QED) is 0.380. The fourth-order valence-corrected chi connectivity index (χ4v) is 3.95. The third kappa shape index (κ3) is 5.92. The van der Waals surface area contributed by atoms with E-state index in [-0.39, 0.29) is 23.5 Å². The number of benzene rings is 2. The summed E-state index contributed by atoms with van der Waals surface area (Å²) in [6.45, 7) is 1.49. The fourth-order valence-electron chi connectivity index (χ4n) is 3.43. The molecule has 1 atom stereocenters. The molecule has 1 N–H and O–H groups in total. The van der Waals surface area contributed by atoms with Gasteiger partial charge in [0, 0.05) is 0 Å².